The molecular weight excluding hydrogens is 256 g/mol. The Balaban J connectivity index is 2.04. The van der Waals surface area contributed by atoms with E-state index in [1.165, 1.54) is 0 Å². The van der Waals surface area contributed by atoms with E-state index in [1.807, 2.05) is 11.8 Å². The number of nitrogens with one attached hydrogen (secondary N) is 2. The number of hydrogen-bond acceptors (Lipinski definition) is 4. The largest absolute Gasteiger partial charge is 0.479 e. The third kappa shape index (κ3) is 6.11. The fourth-order valence-corrected chi connectivity index (χ4v) is 2.90. The van der Waals surface area contributed by atoms with E-state index in [-0.39, 0.29) is 19.0 Å². The van der Waals surface area contributed by atoms with Crippen molar-refractivity contribution in [1.82, 2.24) is 10.6 Å². The summed E-state index contributed by atoms with van der Waals surface area (Å²) in [6.07, 6.45) is 0.856. The van der Waals surface area contributed by atoms with Crippen LogP contribution in [0, 0.1) is 5.92 Å². The number of aliphatic hydroxyl groups is 1. The van der Waals surface area contributed by atoms with E-state index in [9.17, 15) is 9.59 Å². The fraction of sp³-hybridized carbons (Fsp3) is 0.818. The summed E-state index contributed by atoms with van der Waals surface area (Å²) in [6, 6.07) is -0.300. The van der Waals surface area contributed by atoms with Gasteiger partial charge in [0.1, 0.15) is 0 Å². The number of carboxylic acids is 1. The van der Waals surface area contributed by atoms with Gasteiger partial charge < -0.3 is 20.8 Å². The highest BCUT2D eigenvalue weighted by Gasteiger charge is 2.15. The van der Waals surface area contributed by atoms with Crippen LogP contribution in [0.1, 0.15) is 19.3 Å². The summed E-state index contributed by atoms with van der Waals surface area (Å²) < 4.78 is 0. The first-order valence-corrected chi connectivity index (χ1v) is 7.25. The highest BCUT2D eigenvalue weighted by atomic mass is 32.2. The van der Waals surface area contributed by atoms with E-state index in [4.69, 9.17) is 10.2 Å². The van der Waals surface area contributed by atoms with Crippen LogP contribution in [0.5, 0.6) is 0 Å². The van der Waals surface area contributed by atoms with Crippen molar-refractivity contribution in [3.8, 4) is 0 Å². The number of carbonyl (C=O) groups is 2. The van der Waals surface area contributed by atoms with Gasteiger partial charge in [-0.3, -0.25) is 0 Å². The van der Waals surface area contributed by atoms with Crippen LogP contribution in [-0.2, 0) is 4.79 Å². The van der Waals surface area contributed by atoms with Gasteiger partial charge in [-0.05, 0) is 30.3 Å². The third-order valence-electron chi connectivity index (χ3n) is 2.88. The topological polar surface area (TPSA) is 98.7 Å². The number of hydrogen-bond donors (Lipinski definition) is 4. The summed E-state index contributed by atoms with van der Waals surface area (Å²) in [5, 5.41) is 22.7. The molecule has 1 unspecified atom stereocenters. The second-order valence-electron chi connectivity index (χ2n) is 4.34. The van der Waals surface area contributed by atoms with Gasteiger partial charge in [-0.2, -0.15) is 11.8 Å². The van der Waals surface area contributed by atoms with Gasteiger partial charge in [-0.25, -0.2) is 9.59 Å². The van der Waals surface area contributed by atoms with Crippen molar-refractivity contribution < 1.29 is 19.8 Å². The molecule has 1 rings (SSSR count). The molecule has 1 heterocycles. The van der Waals surface area contributed by atoms with Gasteiger partial charge in [0.15, 0.2) is 6.10 Å². The van der Waals surface area contributed by atoms with Crippen molar-refractivity contribution in [2.24, 2.45) is 5.92 Å². The highest BCUT2D eigenvalue weighted by molar-refractivity contribution is 7.99. The Kier molecular flexibility index (Phi) is 6.89. The molecule has 18 heavy (non-hydrogen) atoms. The second kappa shape index (κ2) is 8.20. The van der Waals surface area contributed by atoms with Gasteiger partial charge in [0.2, 0.25) is 0 Å². The molecule has 1 saturated heterocycles. The molecule has 0 radical (unpaired) electrons. The van der Waals surface area contributed by atoms with Gasteiger partial charge in [0, 0.05) is 19.5 Å². The summed E-state index contributed by atoms with van der Waals surface area (Å²) in [5.74, 6) is 1.58. The van der Waals surface area contributed by atoms with Crippen LogP contribution in [0.4, 0.5) is 4.79 Å². The lowest BCUT2D eigenvalue weighted by molar-refractivity contribution is -0.146. The van der Waals surface area contributed by atoms with Gasteiger partial charge >= 0.3 is 12.0 Å². The Labute approximate surface area is 111 Å². The standard InChI is InChI=1S/C11H20N2O4S/c14-9(10(15)16)1-4-12-11(17)13-7-8-2-5-18-6-3-8/h8-9,14H,1-7H2,(H,15,16)(H2,12,13,17). The molecule has 0 aromatic rings. The minimum Gasteiger partial charge on any atom is -0.479 e. The van der Waals surface area contributed by atoms with E-state index in [2.05, 4.69) is 10.6 Å². The predicted molar refractivity (Wildman–Crippen MR) is 69.7 cm³/mol. The monoisotopic (exact) mass is 276 g/mol. The van der Waals surface area contributed by atoms with Gasteiger partial charge in [-0.15, -0.1) is 0 Å². The maximum Gasteiger partial charge on any atom is 0.332 e. The quantitative estimate of drug-likeness (QED) is 0.558. The maximum atomic E-state index is 11.4. The number of urea groups is 1. The minimum absolute atomic E-state index is 0.0167. The lowest BCUT2D eigenvalue weighted by atomic mass is 10.0. The van der Waals surface area contributed by atoms with Gasteiger partial charge in [0.25, 0.3) is 0 Å². The van der Waals surface area contributed by atoms with Crippen LogP contribution in [0.15, 0.2) is 0 Å². The number of rotatable bonds is 6. The van der Waals surface area contributed by atoms with Crippen molar-refractivity contribution in [3.05, 3.63) is 0 Å². The average molecular weight is 276 g/mol. The molecule has 104 valence electrons. The summed E-state index contributed by atoms with van der Waals surface area (Å²) >= 11 is 1.94. The summed E-state index contributed by atoms with van der Waals surface area (Å²) in [4.78, 5) is 21.7. The van der Waals surface area contributed by atoms with E-state index >= 15 is 0 Å². The molecule has 4 N–H and O–H groups in total. The Morgan fingerprint density at radius 2 is 1.94 bits per heavy atom. The first kappa shape index (κ1) is 15.1. The van der Waals surface area contributed by atoms with E-state index in [1.54, 1.807) is 0 Å². The summed E-state index contributed by atoms with van der Waals surface area (Å²) in [6.45, 7) is 0.813. The molecule has 6 nitrogen and oxygen atoms in total. The lowest BCUT2D eigenvalue weighted by Gasteiger charge is -2.21. The van der Waals surface area contributed by atoms with Crippen LogP contribution in [0.2, 0.25) is 0 Å². The number of thioether (sulfide) groups is 1. The van der Waals surface area contributed by atoms with Crippen LogP contribution < -0.4 is 10.6 Å². The first-order chi connectivity index (χ1) is 8.59. The molecule has 2 amide bonds. The molecule has 0 spiro atoms. The zero-order valence-corrected chi connectivity index (χ0v) is 11.0. The second-order valence-corrected chi connectivity index (χ2v) is 5.56. The average Bonchev–Trinajstić information content (AvgIpc) is 2.37. The van der Waals surface area contributed by atoms with Crippen LogP contribution in [0.3, 0.4) is 0 Å². The zero-order valence-electron chi connectivity index (χ0n) is 10.2. The number of carboxylic acid groups (broad SMARTS) is 1. The molecule has 1 fully saturated rings. The van der Waals surface area contributed by atoms with Crippen LogP contribution >= 0.6 is 11.8 Å². The maximum absolute atomic E-state index is 11.4. The van der Waals surface area contributed by atoms with Crippen molar-refractivity contribution in [2.75, 3.05) is 24.6 Å². The fourth-order valence-electron chi connectivity index (χ4n) is 1.70. The van der Waals surface area contributed by atoms with Gasteiger partial charge in [-0.1, -0.05) is 0 Å². The summed E-state index contributed by atoms with van der Waals surface area (Å²) in [7, 11) is 0. The van der Waals surface area contributed by atoms with Crippen LogP contribution in [-0.4, -0.2) is 52.9 Å². The molecule has 0 aliphatic carbocycles. The Morgan fingerprint density at radius 3 is 2.56 bits per heavy atom. The smallest absolute Gasteiger partial charge is 0.332 e. The van der Waals surface area contributed by atoms with Crippen molar-refractivity contribution in [1.29, 1.82) is 0 Å². The van der Waals surface area contributed by atoms with Gasteiger partial charge in [0.05, 0.1) is 0 Å². The molecule has 1 aliphatic heterocycles. The molecule has 0 aromatic heterocycles. The first-order valence-electron chi connectivity index (χ1n) is 6.10. The molecule has 1 aliphatic rings. The van der Waals surface area contributed by atoms with E-state index in [0.717, 1.165) is 24.3 Å². The summed E-state index contributed by atoms with van der Waals surface area (Å²) in [5.41, 5.74) is 0. The van der Waals surface area contributed by atoms with Crippen molar-refractivity contribution in [3.63, 3.8) is 0 Å². The SMILES string of the molecule is O=C(NCCC(O)C(=O)O)NCC1CCSCC1. The zero-order chi connectivity index (χ0) is 13.4. The van der Waals surface area contributed by atoms with Crippen molar-refractivity contribution in [2.45, 2.75) is 25.4 Å². The number of carbonyl (C=O) groups excluding carboxylic acids is 1. The van der Waals surface area contributed by atoms with E-state index < -0.39 is 12.1 Å². The number of amides is 2. The normalized spacial score (nSPS) is 18.1. The molecule has 7 heteroatoms. The Bertz CT molecular complexity index is 282. The van der Waals surface area contributed by atoms with Crippen molar-refractivity contribution >= 4 is 23.8 Å². The van der Waals surface area contributed by atoms with E-state index in [0.29, 0.717) is 12.5 Å². The highest BCUT2D eigenvalue weighted by Crippen LogP contribution is 2.21. The molecule has 1 atom stereocenters. The molecule has 0 bridgehead atoms. The molecule has 0 saturated carbocycles. The molecular formula is C11H20N2O4S. The minimum atomic E-state index is -1.42. The Morgan fingerprint density at radius 1 is 1.28 bits per heavy atom. The number of aliphatic carboxylic acids is 1. The number of aliphatic hydroxyl groups excluding tert-OH is 1. The Hall–Kier alpha value is -0.950. The lowest BCUT2D eigenvalue weighted by Crippen LogP contribution is -2.40. The molecule has 0 aromatic carbocycles. The predicted octanol–water partition coefficient (Wildman–Crippen LogP) is 0.264. The van der Waals surface area contributed by atoms with Crippen LogP contribution in [0.25, 0.3) is 0 Å². The third-order valence-corrected chi connectivity index (χ3v) is 3.93.